The molecule has 0 saturated heterocycles. The predicted molar refractivity (Wildman–Crippen MR) is 74.8 cm³/mol. The SMILES string of the molecule is CC(C)c1nc(CN2CCC(=O)c3ccccc32)no1. The topological polar surface area (TPSA) is 59.2 Å². The highest BCUT2D eigenvalue weighted by molar-refractivity contribution is 6.03. The molecule has 1 aromatic heterocycles. The minimum absolute atomic E-state index is 0.202. The molecule has 0 amide bonds. The lowest BCUT2D eigenvalue weighted by Crippen LogP contribution is -2.31. The Kier molecular flexibility index (Phi) is 3.26. The van der Waals surface area contributed by atoms with E-state index in [-0.39, 0.29) is 11.7 Å². The minimum Gasteiger partial charge on any atom is -0.363 e. The van der Waals surface area contributed by atoms with Gasteiger partial charge < -0.3 is 9.42 Å². The van der Waals surface area contributed by atoms with E-state index in [0.717, 1.165) is 11.3 Å². The lowest BCUT2D eigenvalue weighted by Gasteiger charge is -2.29. The summed E-state index contributed by atoms with van der Waals surface area (Å²) in [7, 11) is 0. The van der Waals surface area contributed by atoms with E-state index in [4.69, 9.17) is 4.52 Å². The van der Waals surface area contributed by atoms with E-state index in [1.165, 1.54) is 0 Å². The van der Waals surface area contributed by atoms with Crippen molar-refractivity contribution in [3.8, 4) is 0 Å². The lowest BCUT2D eigenvalue weighted by molar-refractivity contribution is 0.0979. The Balaban J connectivity index is 1.84. The molecule has 5 heteroatoms. The number of fused-ring (bicyclic) bond motifs is 1. The summed E-state index contributed by atoms with van der Waals surface area (Å²) in [6.45, 7) is 5.31. The average Bonchev–Trinajstić information content (AvgIpc) is 2.91. The maximum Gasteiger partial charge on any atom is 0.229 e. The zero-order valence-corrected chi connectivity index (χ0v) is 11.7. The number of aromatic nitrogens is 2. The van der Waals surface area contributed by atoms with E-state index in [1.807, 2.05) is 38.1 Å². The molecule has 2 aromatic rings. The highest BCUT2D eigenvalue weighted by atomic mass is 16.5. The number of anilines is 1. The lowest BCUT2D eigenvalue weighted by atomic mass is 10.0. The van der Waals surface area contributed by atoms with E-state index in [1.54, 1.807) is 0 Å². The third-order valence-corrected chi connectivity index (χ3v) is 3.46. The van der Waals surface area contributed by atoms with Crippen LogP contribution >= 0.6 is 0 Å². The first kappa shape index (κ1) is 12.8. The summed E-state index contributed by atoms with van der Waals surface area (Å²) in [6.07, 6.45) is 0.534. The first-order valence-corrected chi connectivity index (χ1v) is 6.85. The van der Waals surface area contributed by atoms with E-state index in [2.05, 4.69) is 15.0 Å². The molecule has 5 nitrogen and oxygen atoms in total. The van der Waals surface area contributed by atoms with Gasteiger partial charge in [-0.15, -0.1) is 0 Å². The molecular formula is C15H17N3O2. The Morgan fingerprint density at radius 3 is 2.90 bits per heavy atom. The van der Waals surface area contributed by atoms with Gasteiger partial charge in [-0.2, -0.15) is 4.98 Å². The Bertz CT molecular complexity index is 634. The van der Waals surface area contributed by atoms with E-state index < -0.39 is 0 Å². The van der Waals surface area contributed by atoms with Gasteiger partial charge >= 0.3 is 0 Å². The smallest absolute Gasteiger partial charge is 0.229 e. The Morgan fingerprint density at radius 1 is 1.35 bits per heavy atom. The second-order valence-electron chi connectivity index (χ2n) is 5.32. The number of para-hydroxylation sites is 1. The summed E-state index contributed by atoms with van der Waals surface area (Å²) in [4.78, 5) is 18.4. The van der Waals surface area contributed by atoms with Gasteiger partial charge in [0.05, 0.1) is 6.54 Å². The molecule has 1 aliphatic heterocycles. The van der Waals surface area contributed by atoms with Crippen molar-refractivity contribution in [3.63, 3.8) is 0 Å². The fourth-order valence-corrected chi connectivity index (χ4v) is 2.38. The van der Waals surface area contributed by atoms with Gasteiger partial charge in [0, 0.05) is 30.1 Å². The maximum atomic E-state index is 11.9. The Labute approximate surface area is 117 Å². The molecule has 0 unspecified atom stereocenters. The minimum atomic E-state index is 0.202. The monoisotopic (exact) mass is 271 g/mol. The number of carbonyl (C=O) groups excluding carboxylic acids is 1. The number of hydrogen-bond donors (Lipinski definition) is 0. The molecule has 0 bridgehead atoms. The van der Waals surface area contributed by atoms with Gasteiger partial charge in [0.15, 0.2) is 11.6 Å². The van der Waals surface area contributed by atoms with Crippen LogP contribution in [0.25, 0.3) is 0 Å². The van der Waals surface area contributed by atoms with Crippen molar-refractivity contribution in [2.45, 2.75) is 32.7 Å². The molecule has 1 aromatic carbocycles. The van der Waals surface area contributed by atoms with Gasteiger partial charge in [-0.25, -0.2) is 0 Å². The van der Waals surface area contributed by atoms with Gasteiger partial charge in [-0.3, -0.25) is 4.79 Å². The molecule has 0 radical (unpaired) electrons. The largest absolute Gasteiger partial charge is 0.363 e. The summed E-state index contributed by atoms with van der Waals surface area (Å²) < 4.78 is 5.22. The normalized spacial score (nSPS) is 14.8. The molecule has 0 fully saturated rings. The summed E-state index contributed by atoms with van der Waals surface area (Å²) in [5.74, 6) is 1.75. The average molecular weight is 271 g/mol. The number of benzene rings is 1. The second-order valence-corrected chi connectivity index (χ2v) is 5.32. The molecule has 0 N–H and O–H groups in total. The van der Waals surface area contributed by atoms with Crippen molar-refractivity contribution >= 4 is 11.5 Å². The third kappa shape index (κ3) is 2.31. The molecule has 0 aliphatic carbocycles. The molecule has 0 saturated carbocycles. The van der Waals surface area contributed by atoms with Crippen LogP contribution in [0.2, 0.25) is 0 Å². The number of rotatable bonds is 3. The van der Waals surface area contributed by atoms with Crippen LogP contribution in [-0.4, -0.2) is 22.5 Å². The summed E-state index contributed by atoms with van der Waals surface area (Å²) in [6, 6.07) is 7.68. The fraction of sp³-hybridized carbons (Fsp3) is 0.400. The van der Waals surface area contributed by atoms with Gasteiger partial charge in [0.25, 0.3) is 0 Å². The van der Waals surface area contributed by atoms with E-state index in [9.17, 15) is 4.79 Å². The van der Waals surface area contributed by atoms with Crippen molar-refractivity contribution in [2.24, 2.45) is 0 Å². The van der Waals surface area contributed by atoms with Crippen molar-refractivity contribution < 1.29 is 9.32 Å². The first-order chi connectivity index (χ1) is 9.65. The number of nitrogens with zero attached hydrogens (tertiary/aromatic N) is 3. The Hall–Kier alpha value is -2.17. The van der Waals surface area contributed by atoms with Crippen molar-refractivity contribution in [1.82, 2.24) is 10.1 Å². The molecular weight excluding hydrogens is 254 g/mol. The van der Waals surface area contributed by atoms with Crippen LogP contribution in [0.15, 0.2) is 28.8 Å². The molecule has 0 atom stereocenters. The maximum absolute atomic E-state index is 11.9. The molecule has 104 valence electrons. The highest BCUT2D eigenvalue weighted by Gasteiger charge is 2.23. The van der Waals surface area contributed by atoms with Crippen LogP contribution < -0.4 is 4.90 Å². The van der Waals surface area contributed by atoms with Crippen LogP contribution in [0, 0.1) is 0 Å². The molecule has 1 aliphatic rings. The molecule has 3 rings (SSSR count). The zero-order valence-electron chi connectivity index (χ0n) is 11.7. The zero-order chi connectivity index (χ0) is 14.1. The molecule has 0 spiro atoms. The van der Waals surface area contributed by atoms with E-state index >= 15 is 0 Å². The van der Waals surface area contributed by atoms with Gasteiger partial charge in [-0.1, -0.05) is 31.1 Å². The molecule has 20 heavy (non-hydrogen) atoms. The van der Waals surface area contributed by atoms with Crippen LogP contribution in [0.5, 0.6) is 0 Å². The number of hydrogen-bond acceptors (Lipinski definition) is 5. The fourth-order valence-electron chi connectivity index (χ4n) is 2.38. The van der Waals surface area contributed by atoms with Crippen LogP contribution in [0.4, 0.5) is 5.69 Å². The van der Waals surface area contributed by atoms with Gasteiger partial charge in [0.1, 0.15) is 0 Å². The highest BCUT2D eigenvalue weighted by Crippen LogP contribution is 2.27. The summed E-state index contributed by atoms with van der Waals surface area (Å²) in [5, 5.41) is 4.01. The van der Waals surface area contributed by atoms with Crippen LogP contribution in [-0.2, 0) is 6.54 Å². The predicted octanol–water partition coefficient (Wildman–Crippen LogP) is 2.79. The quantitative estimate of drug-likeness (QED) is 0.859. The Morgan fingerprint density at radius 2 is 2.15 bits per heavy atom. The van der Waals surface area contributed by atoms with Gasteiger partial charge in [0.2, 0.25) is 5.89 Å². The first-order valence-electron chi connectivity index (χ1n) is 6.85. The van der Waals surface area contributed by atoms with Crippen LogP contribution in [0.3, 0.4) is 0 Å². The van der Waals surface area contributed by atoms with Crippen LogP contribution in [0.1, 0.15) is 48.3 Å². The summed E-state index contributed by atoms with van der Waals surface area (Å²) >= 11 is 0. The van der Waals surface area contributed by atoms with Crippen molar-refractivity contribution in [3.05, 3.63) is 41.5 Å². The van der Waals surface area contributed by atoms with Gasteiger partial charge in [-0.05, 0) is 12.1 Å². The summed E-state index contributed by atoms with van der Waals surface area (Å²) in [5.41, 5.74) is 1.74. The second kappa shape index (κ2) is 5.07. The number of ketones is 1. The number of carbonyl (C=O) groups is 1. The molecule has 2 heterocycles. The number of Topliss-reactive ketones (excluding diaryl/α,β-unsaturated/α-hetero) is 1. The van der Waals surface area contributed by atoms with Crippen molar-refractivity contribution in [2.75, 3.05) is 11.4 Å². The third-order valence-electron chi connectivity index (χ3n) is 3.46. The van der Waals surface area contributed by atoms with E-state index in [0.29, 0.717) is 31.2 Å². The van der Waals surface area contributed by atoms with Crippen molar-refractivity contribution in [1.29, 1.82) is 0 Å². The standard InChI is InChI=1S/C15H17N3O2/c1-10(2)15-16-14(17-20-15)9-18-8-7-13(19)11-5-3-4-6-12(11)18/h3-6,10H,7-9H2,1-2H3.